The molecule has 1 saturated carbocycles. The lowest BCUT2D eigenvalue weighted by Gasteiger charge is -2.14. The Labute approximate surface area is 107 Å². The minimum absolute atomic E-state index is 0.297. The maximum absolute atomic E-state index is 13.4. The van der Waals surface area contributed by atoms with E-state index < -0.39 is 6.10 Å². The van der Waals surface area contributed by atoms with Gasteiger partial charge in [0.05, 0.1) is 18.4 Å². The Kier molecular flexibility index (Phi) is 4.55. The third-order valence-electron chi connectivity index (χ3n) is 3.01. The van der Waals surface area contributed by atoms with Gasteiger partial charge in [-0.15, -0.1) is 0 Å². The summed E-state index contributed by atoms with van der Waals surface area (Å²) < 4.78 is 18.8. The van der Waals surface area contributed by atoms with Gasteiger partial charge in [-0.2, -0.15) is 0 Å². The second kappa shape index (κ2) is 6.16. The first-order valence-corrected chi connectivity index (χ1v) is 6.41. The van der Waals surface area contributed by atoms with E-state index in [9.17, 15) is 9.50 Å². The molecule has 1 fully saturated rings. The fourth-order valence-electron chi connectivity index (χ4n) is 1.72. The third kappa shape index (κ3) is 4.27. The van der Waals surface area contributed by atoms with Crippen molar-refractivity contribution in [3.8, 4) is 0 Å². The van der Waals surface area contributed by atoms with Crippen LogP contribution in [-0.4, -0.2) is 31.0 Å². The minimum Gasteiger partial charge on any atom is -0.389 e. The SMILES string of the molecule is Cc1ccc(F)c(NCC(O)COCC2CC2)c1. The summed E-state index contributed by atoms with van der Waals surface area (Å²) in [5.74, 6) is 0.395. The van der Waals surface area contributed by atoms with Gasteiger partial charge in [-0.05, 0) is 43.4 Å². The average Bonchev–Trinajstić information content (AvgIpc) is 3.14. The van der Waals surface area contributed by atoms with Crippen LogP contribution in [0.4, 0.5) is 10.1 Å². The van der Waals surface area contributed by atoms with Crippen molar-refractivity contribution in [2.75, 3.05) is 25.1 Å². The summed E-state index contributed by atoms with van der Waals surface area (Å²) in [6.07, 6.45) is 1.87. The molecule has 0 radical (unpaired) electrons. The predicted octanol–water partition coefficient (Wildman–Crippen LogP) is 2.33. The van der Waals surface area contributed by atoms with Crippen LogP contribution < -0.4 is 5.32 Å². The number of ether oxygens (including phenoxy) is 1. The van der Waals surface area contributed by atoms with E-state index in [-0.39, 0.29) is 5.82 Å². The first-order valence-electron chi connectivity index (χ1n) is 6.41. The average molecular weight is 253 g/mol. The molecule has 1 aromatic carbocycles. The fraction of sp³-hybridized carbons (Fsp3) is 0.571. The summed E-state index contributed by atoms with van der Waals surface area (Å²) in [5.41, 5.74) is 1.41. The number of hydrogen-bond donors (Lipinski definition) is 2. The number of hydrogen-bond acceptors (Lipinski definition) is 3. The second-order valence-electron chi connectivity index (χ2n) is 5.00. The lowest BCUT2D eigenvalue weighted by Crippen LogP contribution is -2.25. The van der Waals surface area contributed by atoms with E-state index >= 15 is 0 Å². The molecule has 4 heteroatoms. The topological polar surface area (TPSA) is 41.5 Å². The van der Waals surface area contributed by atoms with Crippen LogP contribution in [0.3, 0.4) is 0 Å². The molecule has 0 aromatic heterocycles. The highest BCUT2D eigenvalue weighted by Gasteiger charge is 2.21. The Morgan fingerprint density at radius 1 is 1.50 bits per heavy atom. The molecule has 1 aromatic rings. The van der Waals surface area contributed by atoms with Crippen LogP contribution in [0, 0.1) is 18.7 Å². The van der Waals surface area contributed by atoms with Gasteiger partial charge in [0.2, 0.25) is 0 Å². The van der Waals surface area contributed by atoms with Gasteiger partial charge in [0, 0.05) is 13.2 Å². The molecule has 2 N–H and O–H groups in total. The number of rotatable bonds is 7. The predicted molar refractivity (Wildman–Crippen MR) is 69.2 cm³/mol. The molecular formula is C14H20FNO2. The van der Waals surface area contributed by atoms with Gasteiger partial charge in [-0.3, -0.25) is 0 Å². The van der Waals surface area contributed by atoms with Crippen molar-refractivity contribution in [3.05, 3.63) is 29.6 Å². The summed E-state index contributed by atoms with van der Waals surface area (Å²) in [7, 11) is 0. The Hall–Kier alpha value is -1.13. The quantitative estimate of drug-likeness (QED) is 0.783. The molecule has 0 saturated heterocycles. The highest BCUT2D eigenvalue weighted by Crippen LogP contribution is 2.28. The Morgan fingerprint density at radius 2 is 2.28 bits per heavy atom. The molecule has 1 aliphatic carbocycles. The van der Waals surface area contributed by atoms with Crippen LogP contribution in [-0.2, 0) is 4.74 Å². The van der Waals surface area contributed by atoms with Crippen LogP contribution in [0.2, 0.25) is 0 Å². The summed E-state index contributed by atoms with van der Waals surface area (Å²) in [4.78, 5) is 0. The molecule has 1 unspecified atom stereocenters. The van der Waals surface area contributed by atoms with Crippen LogP contribution >= 0.6 is 0 Å². The molecule has 18 heavy (non-hydrogen) atoms. The van der Waals surface area contributed by atoms with E-state index in [0.29, 0.717) is 24.8 Å². The molecule has 0 heterocycles. The van der Waals surface area contributed by atoms with Gasteiger partial charge in [-0.1, -0.05) is 6.07 Å². The van der Waals surface area contributed by atoms with Crippen molar-refractivity contribution >= 4 is 5.69 Å². The Balaban J connectivity index is 1.70. The lowest BCUT2D eigenvalue weighted by molar-refractivity contribution is 0.0386. The molecule has 2 rings (SSSR count). The van der Waals surface area contributed by atoms with E-state index in [0.717, 1.165) is 12.2 Å². The van der Waals surface area contributed by atoms with Gasteiger partial charge in [0.15, 0.2) is 0 Å². The minimum atomic E-state index is -0.608. The molecular weight excluding hydrogens is 233 g/mol. The summed E-state index contributed by atoms with van der Waals surface area (Å²) in [6.45, 7) is 3.23. The number of benzene rings is 1. The summed E-state index contributed by atoms with van der Waals surface area (Å²) in [6, 6.07) is 4.87. The maximum atomic E-state index is 13.4. The zero-order valence-electron chi connectivity index (χ0n) is 10.7. The standard InChI is InChI=1S/C14H20FNO2/c1-10-2-5-13(15)14(6-10)16-7-12(17)9-18-8-11-3-4-11/h2,5-6,11-12,16-17H,3-4,7-9H2,1H3. The van der Waals surface area contributed by atoms with Crippen molar-refractivity contribution in [2.45, 2.75) is 25.9 Å². The number of aliphatic hydroxyl groups excluding tert-OH is 1. The van der Waals surface area contributed by atoms with E-state index in [1.165, 1.54) is 18.9 Å². The van der Waals surface area contributed by atoms with Gasteiger partial charge < -0.3 is 15.2 Å². The number of anilines is 1. The molecule has 0 spiro atoms. The molecule has 0 aliphatic heterocycles. The van der Waals surface area contributed by atoms with Crippen LogP contribution in [0.5, 0.6) is 0 Å². The molecule has 0 amide bonds. The van der Waals surface area contributed by atoms with Crippen molar-refractivity contribution in [1.29, 1.82) is 0 Å². The maximum Gasteiger partial charge on any atom is 0.146 e. The van der Waals surface area contributed by atoms with Gasteiger partial charge in [-0.25, -0.2) is 4.39 Å². The van der Waals surface area contributed by atoms with Gasteiger partial charge >= 0.3 is 0 Å². The lowest BCUT2D eigenvalue weighted by atomic mass is 10.2. The molecule has 1 atom stereocenters. The number of aliphatic hydroxyl groups is 1. The van der Waals surface area contributed by atoms with Crippen molar-refractivity contribution in [3.63, 3.8) is 0 Å². The van der Waals surface area contributed by atoms with Crippen molar-refractivity contribution in [1.82, 2.24) is 0 Å². The highest BCUT2D eigenvalue weighted by atomic mass is 19.1. The molecule has 3 nitrogen and oxygen atoms in total. The second-order valence-corrected chi connectivity index (χ2v) is 5.00. The third-order valence-corrected chi connectivity index (χ3v) is 3.01. The van der Waals surface area contributed by atoms with E-state index in [4.69, 9.17) is 4.74 Å². The largest absolute Gasteiger partial charge is 0.389 e. The van der Waals surface area contributed by atoms with E-state index in [1.54, 1.807) is 12.1 Å². The number of aryl methyl sites for hydroxylation is 1. The molecule has 100 valence electrons. The van der Waals surface area contributed by atoms with Crippen LogP contribution in [0.1, 0.15) is 18.4 Å². The van der Waals surface area contributed by atoms with Crippen molar-refractivity contribution < 1.29 is 14.2 Å². The fourth-order valence-corrected chi connectivity index (χ4v) is 1.72. The molecule has 0 bridgehead atoms. The number of halogens is 1. The summed E-state index contributed by atoms with van der Waals surface area (Å²) in [5, 5.41) is 12.6. The van der Waals surface area contributed by atoms with E-state index in [1.807, 2.05) is 6.92 Å². The Morgan fingerprint density at radius 3 is 3.00 bits per heavy atom. The van der Waals surface area contributed by atoms with Crippen LogP contribution in [0.15, 0.2) is 18.2 Å². The zero-order valence-corrected chi connectivity index (χ0v) is 10.7. The normalized spacial score (nSPS) is 16.6. The first-order chi connectivity index (χ1) is 8.65. The zero-order chi connectivity index (χ0) is 13.0. The van der Waals surface area contributed by atoms with Crippen LogP contribution in [0.25, 0.3) is 0 Å². The highest BCUT2D eigenvalue weighted by molar-refractivity contribution is 5.47. The van der Waals surface area contributed by atoms with Gasteiger partial charge in [0.1, 0.15) is 5.82 Å². The number of nitrogens with one attached hydrogen (secondary N) is 1. The van der Waals surface area contributed by atoms with Crippen molar-refractivity contribution in [2.24, 2.45) is 5.92 Å². The van der Waals surface area contributed by atoms with E-state index in [2.05, 4.69) is 5.32 Å². The first kappa shape index (κ1) is 13.3. The summed E-state index contributed by atoms with van der Waals surface area (Å²) >= 11 is 0. The smallest absolute Gasteiger partial charge is 0.146 e. The monoisotopic (exact) mass is 253 g/mol. The Bertz CT molecular complexity index is 393. The molecule has 1 aliphatic rings. The van der Waals surface area contributed by atoms with Gasteiger partial charge in [0.25, 0.3) is 0 Å².